The number of piperidine rings is 1. The van der Waals surface area contributed by atoms with Gasteiger partial charge in [0, 0.05) is 28.0 Å². The fourth-order valence-electron chi connectivity index (χ4n) is 7.42. The van der Waals surface area contributed by atoms with Gasteiger partial charge in [0.1, 0.15) is 78.5 Å². The van der Waals surface area contributed by atoms with Crippen molar-refractivity contribution in [3.63, 3.8) is 0 Å². The molecule has 44 heavy (non-hydrogen) atoms. The lowest BCUT2D eigenvalue weighted by molar-refractivity contribution is -0.154. The number of hydrogen-bond acceptors (Lipinski definition) is 4. The second kappa shape index (κ2) is 10.5. The van der Waals surface area contributed by atoms with E-state index < -0.39 is 44.5 Å². The third-order valence-electron chi connectivity index (χ3n) is 11.1. The van der Waals surface area contributed by atoms with Gasteiger partial charge in [0.05, 0.1) is 5.44 Å². The van der Waals surface area contributed by atoms with Gasteiger partial charge in [-0.25, -0.2) is 0 Å². The van der Waals surface area contributed by atoms with Crippen LogP contribution in [0.5, 0.6) is 0 Å². The molecule has 4 amide bonds. The number of fused-ring (bicyclic) bond motifs is 1. The van der Waals surface area contributed by atoms with Gasteiger partial charge in [0.2, 0.25) is 27.8 Å². The molecule has 1 fully saturated rings. The van der Waals surface area contributed by atoms with Crippen LogP contribution in [0.3, 0.4) is 0 Å². The number of benzene rings is 2. The first-order valence-corrected chi connectivity index (χ1v) is 15.0. The Morgan fingerprint density at radius 3 is 1.93 bits per heavy atom. The number of amides is 4. The Labute approximate surface area is 273 Å². The van der Waals surface area contributed by atoms with Crippen LogP contribution in [0.2, 0.25) is 15.5 Å². The van der Waals surface area contributed by atoms with Crippen LogP contribution in [0.4, 0.5) is 8.78 Å². The van der Waals surface area contributed by atoms with Crippen molar-refractivity contribution in [2.45, 2.75) is 33.7 Å². The molecule has 0 radical (unpaired) electrons. The van der Waals surface area contributed by atoms with E-state index in [1.165, 1.54) is 28.1 Å². The predicted molar refractivity (Wildman–Crippen MR) is 202 cm³/mol. The Hall–Kier alpha value is -2.55. The van der Waals surface area contributed by atoms with Crippen LogP contribution in [0.25, 0.3) is 0 Å². The van der Waals surface area contributed by atoms with Crippen molar-refractivity contribution >= 4 is 146 Å². The molecule has 7 nitrogen and oxygen atoms in total. The maximum atomic E-state index is 15.3. The molecule has 1 unspecified atom stereocenters. The first kappa shape index (κ1) is 34.3. The van der Waals surface area contributed by atoms with Crippen LogP contribution in [-0.4, -0.2) is 138 Å². The highest BCUT2D eigenvalue weighted by atomic mass is 35.5. The number of alkyl halides is 2. The number of nitrogens with zero attached hydrogens (tertiary/aromatic N) is 3. The van der Waals surface area contributed by atoms with Crippen LogP contribution in [0, 0.1) is 0 Å². The van der Waals surface area contributed by atoms with Crippen LogP contribution >= 0.6 is 11.6 Å². The SMILES string of the molecule is Bc1c(B)c2c(c(B)c1CN(B)C(=O)C(F)(F)c1ccc(Cl)cc1)C(B)(B)N(C1(B)C(=O)N(B)C(=O)C(B)(B)C1(B)B)C2=O. The van der Waals surface area contributed by atoms with Crippen molar-refractivity contribution in [3.05, 3.63) is 51.5 Å². The van der Waals surface area contributed by atoms with Crippen molar-refractivity contribution in [1.82, 2.24) is 14.5 Å². The lowest BCUT2D eigenvalue weighted by atomic mass is 9.20. The first-order chi connectivity index (χ1) is 19.9. The summed E-state index contributed by atoms with van der Waals surface area (Å²) in [6.07, 6.45) is 0. The lowest BCUT2D eigenvalue weighted by Crippen LogP contribution is -2.78. The van der Waals surface area contributed by atoms with Crippen LogP contribution in [0.15, 0.2) is 24.3 Å². The van der Waals surface area contributed by atoms with Crippen LogP contribution in [-0.2, 0) is 32.2 Å². The standard InChI is InChI=1S/C22H30B12ClF2N3O4/c23-11-8(5-38(33)15(42)18(36,37)6-1-3-7(35)4-2-6)12(24)13(25)9-10(11)21(29,30)40(14(9)41)20(28)17(44)39(34)16(43)19(26,27)22(20,31)32/h1-4H,5,23-34H2. The number of rotatable bonds is 5. The maximum Gasteiger partial charge on any atom is 0.348 e. The Morgan fingerprint density at radius 2 is 1.41 bits per heavy atom. The monoisotopic (exact) mass is 605 g/mol. The van der Waals surface area contributed by atoms with E-state index in [9.17, 15) is 19.2 Å². The molecule has 1 atom stereocenters. The average molecular weight is 604 g/mol. The third-order valence-corrected chi connectivity index (χ3v) is 11.3. The summed E-state index contributed by atoms with van der Waals surface area (Å²) in [4.78, 5) is 58.7. The molecule has 2 aromatic rings. The van der Waals surface area contributed by atoms with Gasteiger partial charge in [-0.05, 0) is 28.5 Å². The largest absolute Gasteiger partial charge is 0.384 e. The van der Waals surface area contributed by atoms with E-state index in [1.807, 2.05) is 47.1 Å². The molecular weight excluding hydrogens is 573 g/mol. The van der Waals surface area contributed by atoms with Gasteiger partial charge in [0.25, 0.3) is 11.8 Å². The van der Waals surface area contributed by atoms with Gasteiger partial charge in [-0.15, -0.1) is 0 Å². The second-order valence-electron chi connectivity index (χ2n) is 14.0. The molecule has 2 heterocycles. The maximum absolute atomic E-state index is 15.3. The highest BCUT2D eigenvalue weighted by Gasteiger charge is 2.68. The van der Waals surface area contributed by atoms with Gasteiger partial charge in [-0.3, -0.25) is 19.2 Å². The number of hydrogen-bond donors (Lipinski definition) is 0. The van der Waals surface area contributed by atoms with Gasteiger partial charge < -0.3 is 14.5 Å². The first-order valence-electron chi connectivity index (χ1n) is 14.6. The van der Waals surface area contributed by atoms with Crippen molar-refractivity contribution in [2.24, 2.45) is 0 Å². The normalized spacial score (nSPS) is 22.1. The van der Waals surface area contributed by atoms with Gasteiger partial charge in [0.15, 0.2) is 0 Å². The minimum atomic E-state index is -3.78. The number of carbonyl (C=O) groups is 4. The molecule has 4 rings (SSSR count). The van der Waals surface area contributed by atoms with E-state index in [0.717, 1.165) is 21.8 Å². The molecule has 2 aliphatic rings. The molecule has 0 N–H and O–H groups in total. The summed E-state index contributed by atoms with van der Waals surface area (Å²) in [5.74, 6) is -6.27. The smallest absolute Gasteiger partial charge is 0.348 e. The Bertz CT molecular complexity index is 1650. The van der Waals surface area contributed by atoms with Crippen LogP contribution < -0.4 is 16.4 Å². The van der Waals surface area contributed by atoms with Gasteiger partial charge in [-0.2, -0.15) is 8.78 Å². The summed E-state index contributed by atoms with van der Waals surface area (Å²) in [5.41, 5.74) is 1.95. The number of carbonyl (C=O) groups excluding carboxylic acids is 4. The van der Waals surface area contributed by atoms with E-state index >= 15 is 8.78 Å². The zero-order valence-electron chi connectivity index (χ0n) is 27.6. The Kier molecular flexibility index (Phi) is 8.19. The van der Waals surface area contributed by atoms with E-state index in [1.54, 1.807) is 36.3 Å². The van der Waals surface area contributed by atoms with E-state index in [4.69, 9.17) is 11.6 Å². The minimum Gasteiger partial charge on any atom is -0.384 e. The lowest BCUT2D eigenvalue weighted by Gasteiger charge is -2.64. The minimum absolute atomic E-state index is 0.121. The predicted octanol–water partition coefficient (Wildman–Crippen LogP) is -11.4. The molecule has 1 saturated heterocycles. The van der Waals surface area contributed by atoms with Crippen molar-refractivity contribution in [2.75, 3.05) is 0 Å². The van der Waals surface area contributed by atoms with Crippen molar-refractivity contribution in [3.8, 4) is 0 Å². The zero-order valence-corrected chi connectivity index (χ0v) is 28.4. The summed E-state index contributed by atoms with van der Waals surface area (Å²) < 4.78 is 30.6. The topological polar surface area (TPSA) is 78.0 Å². The van der Waals surface area contributed by atoms with E-state index in [0.29, 0.717) is 33.1 Å². The molecule has 0 aliphatic carbocycles. The molecule has 22 heteroatoms. The third kappa shape index (κ3) is 4.38. The zero-order chi connectivity index (χ0) is 33.7. The summed E-state index contributed by atoms with van der Waals surface area (Å²) >= 11 is 5.86. The van der Waals surface area contributed by atoms with Gasteiger partial charge in [-0.1, -0.05) is 45.3 Å². The highest BCUT2D eigenvalue weighted by molar-refractivity contribution is 6.68. The van der Waals surface area contributed by atoms with Crippen molar-refractivity contribution < 1.29 is 28.0 Å². The molecule has 2 aromatic carbocycles. The number of imide groups is 1. The Balaban J connectivity index is 1.84. The molecule has 0 saturated carbocycles. The second-order valence-corrected chi connectivity index (χ2v) is 14.5. The summed E-state index contributed by atoms with van der Waals surface area (Å²) in [6, 6.07) is 4.89. The Morgan fingerprint density at radius 1 is 0.886 bits per heavy atom. The molecule has 0 spiro atoms. The molecule has 2 aliphatic heterocycles. The van der Waals surface area contributed by atoms with Crippen LogP contribution in [0.1, 0.15) is 27.0 Å². The quantitative estimate of drug-likeness (QED) is 0.252. The van der Waals surface area contributed by atoms with E-state index in [2.05, 4.69) is 0 Å². The number of halogens is 3. The highest BCUT2D eigenvalue weighted by Crippen LogP contribution is 2.58. The summed E-state index contributed by atoms with van der Waals surface area (Å²) in [5, 5.41) is -2.71. The summed E-state index contributed by atoms with van der Waals surface area (Å²) in [7, 11) is 21.0. The average Bonchev–Trinajstić information content (AvgIpc) is 3.16. The fourth-order valence-corrected chi connectivity index (χ4v) is 7.54. The van der Waals surface area contributed by atoms with Crippen molar-refractivity contribution in [1.29, 1.82) is 0 Å². The fraction of sp³-hybridized carbons (Fsp3) is 0.273. The van der Waals surface area contributed by atoms with Gasteiger partial charge >= 0.3 is 5.92 Å². The molecule has 214 valence electrons. The molecular formula is C22H30B12ClF2N3O4. The van der Waals surface area contributed by atoms with E-state index in [-0.39, 0.29) is 23.4 Å². The molecule has 0 bridgehead atoms. The summed E-state index contributed by atoms with van der Waals surface area (Å²) in [6.45, 7) is -0.121. The molecule has 0 aromatic heterocycles.